The maximum Gasteiger partial charge on any atom is 0.307 e. The Kier molecular flexibility index (Phi) is 6.81. The van der Waals surface area contributed by atoms with Crippen molar-refractivity contribution < 1.29 is 27.9 Å². The summed E-state index contributed by atoms with van der Waals surface area (Å²) >= 11 is 7.29. The lowest BCUT2D eigenvalue weighted by Crippen LogP contribution is -2.57. The summed E-state index contributed by atoms with van der Waals surface area (Å²) in [5.41, 5.74) is 1.45. The van der Waals surface area contributed by atoms with Gasteiger partial charge in [0.25, 0.3) is 15.9 Å². The van der Waals surface area contributed by atoms with Crippen LogP contribution in [0.5, 0.6) is 0 Å². The number of nitrogens with zero attached hydrogens (tertiary/aromatic N) is 3. The first-order chi connectivity index (χ1) is 17.2. The van der Waals surface area contributed by atoms with E-state index < -0.39 is 28.1 Å². The first-order valence-electron chi connectivity index (χ1n) is 11.5. The first-order valence-corrected chi connectivity index (χ1v) is 14.1. The number of rotatable bonds is 5. The fourth-order valence-corrected chi connectivity index (χ4v) is 7.49. The summed E-state index contributed by atoms with van der Waals surface area (Å²) in [5.74, 6) is -0.894. The number of aryl methyl sites for hydroxylation is 1. The summed E-state index contributed by atoms with van der Waals surface area (Å²) in [6.45, 7) is 0.0907. The van der Waals surface area contributed by atoms with Gasteiger partial charge in [-0.2, -0.15) is 4.31 Å². The number of fused-ring (bicyclic) bond motifs is 2. The molecule has 192 valence electrons. The number of hydrogen-bond acceptors (Lipinski definition) is 8. The number of amides is 1. The van der Waals surface area contributed by atoms with Crippen molar-refractivity contribution in [1.82, 2.24) is 19.2 Å². The summed E-state index contributed by atoms with van der Waals surface area (Å²) in [5, 5.41) is 11.4. The van der Waals surface area contributed by atoms with Crippen LogP contribution in [-0.2, 0) is 32.4 Å². The molecule has 5 rings (SSSR count). The van der Waals surface area contributed by atoms with Crippen molar-refractivity contribution in [3.05, 3.63) is 44.9 Å². The number of sulfonamides is 1. The Bertz CT molecular complexity index is 1440. The Morgan fingerprint density at radius 2 is 2.11 bits per heavy atom. The van der Waals surface area contributed by atoms with Gasteiger partial charge in [0.05, 0.1) is 31.4 Å². The number of aromatic amines is 1. The molecule has 3 aromatic rings. The van der Waals surface area contributed by atoms with E-state index in [0.29, 0.717) is 35.2 Å². The molecule has 1 aromatic carbocycles. The van der Waals surface area contributed by atoms with Gasteiger partial charge in [0.15, 0.2) is 5.01 Å². The van der Waals surface area contributed by atoms with E-state index >= 15 is 0 Å². The molecule has 0 saturated carbocycles. The zero-order valence-electron chi connectivity index (χ0n) is 19.4. The molecule has 0 spiro atoms. The molecule has 2 aliphatic rings. The van der Waals surface area contributed by atoms with E-state index in [9.17, 15) is 23.1 Å². The molecule has 13 heteroatoms. The van der Waals surface area contributed by atoms with Crippen LogP contribution in [0.4, 0.5) is 0 Å². The molecule has 10 nitrogen and oxygen atoms in total. The number of H-pyrrole nitrogens is 1. The lowest BCUT2D eigenvalue weighted by Gasteiger charge is -2.39. The van der Waals surface area contributed by atoms with E-state index in [4.69, 9.17) is 16.3 Å². The highest BCUT2D eigenvalue weighted by Gasteiger charge is 2.39. The van der Waals surface area contributed by atoms with Crippen molar-refractivity contribution in [3.8, 4) is 0 Å². The van der Waals surface area contributed by atoms with Crippen molar-refractivity contribution in [2.45, 2.75) is 42.9 Å². The predicted molar refractivity (Wildman–Crippen MR) is 134 cm³/mol. The number of methoxy groups -OCH3 is 1. The van der Waals surface area contributed by atoms with E-state index in [1.54, 1.807) is 18.2 Å². The molecule has 1 aliphatic carbocycles. The molecule has 3 heterocycles. The van der Waals surface area contributed by atoms with E-state index in [1.165, 1.54) is 33.7 Å². The highest BCUT2D eigenvalue weighted by Crippen LogP contribution is 2.30. The van der Waals surface area contributed by atoms with Crippen molar-refractivity contribution in [3.63, 3.8) is 0 Å². The normalized spacial score (nSPS) is 20.9. The van der Waals surface area contributed by atoms with E-state index in [2.05, 4.69) is 9.97 Å². The fourth-order valence-electron chi connectivity index (χ4n) is 4.69. The number of carbonyl (C=O) groups excluding carboxylic acids is 2. The van der Waals surface area contributed by atoms with Gasteiger partial charge in [-0.25, -0.2) is 13.4 Å². The molecule has 1 saturated heterocycles. The second-order valence-electron chi connectivity index (χ2n) is 8.95. The standard InChI is InChI=1S/C23H25ClN4O6S2/c1-34-21(30)10-15-12-27(36(32,33)20-9-13-8-14(24)2-4-17(13)25-20)6-7-28(15)23(31)22-26-18-5-3-16(29)11-19(18)35-22/h2,4,8-9,15-16,25,29H,3,5-7,10-12H2,1H3. The SMILES string of the molecule is COC(=O)CC1CN(S(=O)(=O)c2cc3cc(Cl)ccc3[nH]2)CCN1C(=O)c1nc2c(s1)CC(O)CC2. The lowest BCUT2D eigenvalue weighted by atomic mass is 10.0. The number of hydrogen-bond donors (Lipinski definition) is 2. The molecule has 1 fully saturated rings. The minimum absolute atomic E-state index is 0.0162. The minimum Gasteiger partial charge on any atom is -0.469 e. The van der Waals surface area contributed by atoms with E-state index in [-0.39, 0.29) is 42.0 Å². The fraction of sp³-hybridized carbons (Fsp3) is 0.435. The van der Waals surface area contributed by atoms with Crippen molar-refractivity contribution in [2.75, 3.05) is 26.7 Å². The number of aliphatic hydroxyl groups is 1. The van der Waals surface area contributed by atoms with E-state index in [0.717, 1.165) is 10.6 Å². The van der Waals surface area contributed by atoms with Crippen LogP contribution in [0.1, 0.15) is 33.2 Å². The quantitative estimate of drug-likeness (QED) is 0.464. The lowest BCUT2D eigenvalue weighted by molar-refractivity contribution is -0.142. The largest absolute Gasteiger partial charge is 0.469 e. The minimum atomic E-state index is -3.93. The van der Waals surface area contributed by atoms with Gasteiger partial charge < -0.3 is 19.7 Å². The Balaban J connectivity index is 1.40. The Morgan fingerprint density at radius 1 is 1.31 bits per heavy atom. The third-order valence-corrected chi connectivity index (χ3v) is 9.74. The number of nitrogens with one attached hydrogen (secondary N) is 1. The van der Waals surface area contributed by atoms with Gasteiger partial charge in [-0.15, -0.1) is 11.3 Å². The number of halogens is 1. The molecular formula is C23H25ClN4O6S2. The smallest absolute Gasteiger partial charge is 0.307 e. The van der Waals surface area contributed by atoms with Crippen LogP contribution in [0, 0.1) is 0 Å². The van der Waals surface area contributed by atoms with Gasteiger partial charge in [-0.3, -0.25) is 9.59 Å². The third kappa shape index (κ3) is 4.75. The van der Waals surface area contributed by atoms with Gasteiger partial charge in [-0.05, 0) is 37.1 Å². The number of ether oxygens (including phenoxy) is 1. The summed E-state index contributed by atoms with van der Waals surface area (Å²) in [6.07, 6.45) is 1.08. The average molecular weight is 553 g/mol. The molecule has 2 aromatic heterocycles. The van der Waals surface area contributed by atoms with Gasteiger partial charge in [0.1, 0.15) is 5.03 Å². The molecule has 1 amide bonds. The Hall–Kier alpha value is -2.51. The number of aromatic nitrogens is 2. The number of aliphatic hydroxyl groups excluding tert-OH is 1. The second kappa shape index (κ2) is 9.75. The monoisotopic (exact) mass is 552 g/mol. The molecule has 1 aliphatic heterocycles. The van der Waals surface area contributed by atoms with Gasteiger partial charge >= 0.3 is 5.97 Å². The third-order valence-electron chi connectivity index (χ3n) is 6.61. The molecule has 0 bridgehead atoms. The number of thiazole rings is 1. The van der Waals surface area contributed by atoms with Crippen LogP contribution in [0.3, 0.4) is 0 Å². The van der Waals surface area contributed by atoms with Crippen LogP contribution in [0.2, 0.25) is 5.02 Å². The highest BCUT2D eigenvalue weighted by atomic mass is 35.5. The van der Waals surface area contributed by atoms with E-state index in [1.807, 2.05) is 0 Å². The zero-order chi connectivity index (χ0) is 25.6. The number of esters is 1. The second-order valence-corrected chi connectivity index (χ2v) is 12.4. The predicted octanol–water partition coefficient (Wildman–Crippen LogP) is 2.21. The van der Waals surface area contributed by atoms with Crippen molar-refractivity contribution in [1.29, 1.82) is 0 Å². The Labute approximate surface area is 216 Å². The van der Waals surface area contributed by atoms with Gasteiger partial charge in [0.2, 0.25) is 0 Å². The molecule has 36 heavy (non-hydrogen) atoms. The zero-order valence-corrected chi connectivity index (χ0v) is 21.8. The molecule has 2 unspecified atom stereocenters. The van der Waals surface area contributed by atoms with Crippen LogP contribution in [0.25, 0.3) is 10.9 Å². The molecule has 2 N–H and O–H groups in total. The van der Waals surface area contributed by atoms with Crippen LogP contribution in [-0.4, -0.2) is 83.5 Å². The average Bonchev–Trinajstić information content (AvgIpc) is 3.47. The highest BCUT2D eigenvalue weighted by molar-refractivity contribution is 7.89. The summed E-state index contributed by atoms with van der Waals surface area (Å²) in [6, 6.07) is 5.86. The summed E-state index contributed by atoms with van der Waals surface area (Å²) < 4.78 is 33.0. The van der Waals surface area contributed by atoms with Crippen LogP contribution >= 0.6 is 22.9 Å². The maximum atomic E-state index is 13.5. The maximum absolute atomic E-state index is 13.5. The Morgan fingerprint density at radius 3 is 2.89 bits per heavy atom. The number of carbonyl (C=O) groups is 2. The molecular weight excluding hydrogens is 528 g/mol. The van der Waals surface area contributed by atoms with Gasteiger partial charge in [-0.1, -0.05) is 11.6 Å². The summed E-state index contributed by atoms with van der Waals surface area (Å²) in [4.78, 5) is 35.4. The summed E-state index contributed by atoms with van der Waals surface area (Å²) in [7, 11) is -2.68. The number of benzene rings is 1. The van der Waals surface area contributed by atoms with Crippen LogP contribution < -0.4 is 0 Å². The van der Waals surface area contributed by atoms with Crippen LogP contribution in [0.15, 0.2) is 29.3 Å². The molecule has 0 radical (unpaired) electrons. The topological polar surface area (TPSA) is 133 Å². The van der Waals surface area contributed by atoms with Crippen molar-refractivity contribution in [2.24, 2.45) is 0 Å². The van der Waals surface area contributed by atoms with Gasteiger partial charge in [0, 0.05) is 46.9 Å². The number of piperazine rings is 1. The van der Waals surface area contributed by atoms with Crippen molar-refractivity contribution >= 4 is 55.7 Å². The first kappa shape index (κ1) is 25.2. The molecule has 2 atom stereocenters.